The molecule has 1 saturated heterocycles. The van der Waals surface area contributed by atoms with Crippen LogP contribution < -0.4 is 5.73 Å². The van der Waals surface area contributed by atoms with Crippen molar-refractivity contribution in [2.45, 2.75) is 57.0 Å². The SMILES string of the molecule is CC(C1CCCCC1)N1CCC(N)(C(=O)O)C1. The Balaban J connectivity index is 1.93. The summed E-state index contributed by atoms with van der Waals surface area (Å²) in [4.78, 5) is 13.4. The fourth-order valence-electron chi connectivity index (χ4n) is 3.30. The highest BCUT2D eigenvalue weighted by Crippen LogP contribution is 2.31. The molecule has 4 heteroatoms. The Kier molecular flexibility index (Phi) is 3.73. The first kappa shape index (κ1) is 12.8. The van der Waals surface area contributed by atoms with Gasteiger partial charge < -0.3 is 10.8 Å². The smallest absolute Gasteiger partial charge is 0.325 e. The molecule has 0 bridgehead atoms. The van der Waals surface area contributed by atoms with Gasteiger partial charge in [0.25, 0.3) is 0 Å². The van der Waals surface area contributed by atoms with E-state index in [0.717, 1.165) is 12.5 Å². The van der Waals surface area contributed by atoms with E-state index in [1.54, 1.807) is 0 Å². The van der Waals surface area contributed by atoms with Crippen molar-refractivity contribution >= 4 is 5.97 Å². The zero-order chi connectivity index (χ0) is 12.5. The zero-order valence-corrected chi connectivity index (χ0v) is 10.7. The van der Waals surface area contributed by atoms with Gasteiger partial charge in [-0.15, -0.1) is 0 Å². The monoisotopic (exact) mass is 240 g/mol. The maximum Gasteiger partial charge on any atom is 0.325 e. The number of carbonyl (C=O) groups is 1. The first-order chi connectivity index (χ1) is 8.03. The fourth-order valence-corrected chi connectivity index (χ4v) is 3.30. The third-order valence-corrected chi connectivity index (χ3v) is 4.66. The number of nitrogens with zero attached hydrogens (tertiary/aromatic N) is 1. The highest BCUT2D eigenvalue weighted by Gasteiger charge is 2.43. The molecule has 2 rings (SSSR count). The molecule has 0 aromatic carbocycles. The van der Waals surface area contributed by atoms with Gasteiger partial charge in [-0.1, -0.05) is 19.3 Å². The van der Waals surface area contributed by atoms with Crippen LogP contribution in [0.3, 0.4) is 0 Å². The third kappa shape index (κ3) is 2.63. The van der Waals surface area contributed by atoms with Gasteiger partial charge in [-0.3, -0.25) is 9.69 Å². The van der Waals surface area contributed by atoms with Crippen LogP contribution in [0.1, 0.15) is 45.4 Å². The molecule has 3 N–H and O–H groups in total. The molecule has 0 spiro atoms. The minimum Gasteiger partial charge on any atom is -0.480 e. The molecule has 1 saturated carbocycles. The number of likely N-dealkylation sites (tertiary alicyclic amines) is 1. The van der Waals surface area contributed by atoms with Crippen molar-refractivity contribution < 1.29 is 9.90 Å². The molecule has 0 aromatic rings. The summed E-state index contributed by atoms with van der Waals surface area (Å²) in [6.07, 6.45) is 7.19. The Labute approximate surface area is 103 Å². The molecule has 1 aliphatic carbocycles. The van der Waals surface area contributed by atoms with Crippen molar-refractivity contribution in [2.24, 2.45) is 11.7 Å². The summed E-state index contributed by atoms with van der Waals surface area (Å²) in [6.45, 7) is 3.59. The summed E-state index contributed by atoms with van der Waals surface area (Å²) in [5.41, 5.74) is 4.91. The maximum atomic E-state index is 11.1. The van der Waals surface area contributed by atoms with E-state index in [0.29, 0.717) is 19.0 Å². The fraction of sp³-hybridized carbons (Fsp3) is 0.923. The topological polar surface area (TPSA) is 66.6 Å². The van der Waals surface area contributed by atoms with Gasteiger partial charge in [-0.25, -0.2) is 0 Å². The van der Waals surface area contributed by atoms with E-state index in [9.17, 15) is 4.79 Å². The molecule has 0 aromatic heterocycles. The van der Waals surface area contributed by atoms with Crippen molar-refractivity contribution in [2.75, 3.05) is 13.1 Å². The standard InChI is InChI=1S/C13H24N2O2/c1-10(11-5-3-2-4-6-11)15-8-7-13(14,9-15)12(16)17/h10-11H,2-9,14H2,1H3,(H,16,17). The van der Waals surface area contributed by atoms with Gasteiger partial charge in [0.2, 0.25) is 0 Å². The lowest BCUT2D eigenvalue weighted by atomic mass is 9.84. The van der Waals surface area contributed by atoms with Crippen LogP contribution in [0, 0.1) is 5.92 Å². The Morgan fingerprint density at radius 1 is 1.41 bits per heavy atom. The lowest BCUT2D eigenvalue weighted by Crippen LogP contribution is -2.51. The molecule has 17 heavy (non-hydrogen) atoms. The first-order valence-corrected chi connectivity index (χ1v) is 6.79. The molecule has 98 valence electrons. The van der Waals surface area contributed by atoms with Crippen LogP contribution in [0.4, 0.5) is 0 Å². The van der Waals surface area contributed by atoms with Crippen molar-refractivity contribution in [1.29, 1.82) is 0 Å². The molecular weight excluding hydrogens is 216 g/mol. The maximum absolute atomic E-state index is 11.1. The van der Waals surface area contributed by atoms with Gasteiger partial charge in [0.05, 0.1) is 0 Å². The van der Waals surface area contributed by atoms with Gasteiger partial charge in [-0.05, 0) is 32.1 Å². The first-order valence-electron chi connectivity index (χ1n) is 6.79. The van der Waals surface area contributed by atoms with E-state index in [1.165, 1.54) is 32.1 Å². The second kappa shape index (κ2) is 4.94. The predicted octanol–water partition coefficient (Wildman–Crippen LogP) is 1.44. The highest BCUT2D eigenvalue weighted by molar-refractivity contribution is 5.79. The molecule has 2 fully saturated rings. The van der Waals surface area contributed by atoms with Crippen molar-refractivity contribution in [3.05, 3.63) is 0 Å². The quantitative estimate of drug-likeness (QED) is 0.783. The Hall–Kier alpha value is -0.610. The summed E-state index contributed by atoms with van der Waals surface area (Å²) in [6, 6.07) is 0.486. The van der Waals surface area contributed by atoms with Gasteiger partial charge in [0, 0.05) is 19.1 Å². The van der Waals surface area contributed by atoms with E-state index in [1.807, 2.05) is 0 Å². The van der Waals surface area contributed by atoms with Gasteiger partial charge >= 0.3 is 5.97 Å². The lowest BCUT2D eigenvalue weighted by Gasteiger charge is -2.34. The van der Waals surface area contributed by atoms with Crippen LogP contribution in [0.15, 0.2) is 0 Å². The number of rotatable bonds is 3. The van der Waals surface area contributed by atoms with Crippen LogP contribution in [-0.4, -0.2) is 40.6 Å². The minimum absolute atomic E-state index is 0.486. The van der Waals surface area contributed by atoms with E-state index in [2.05, 4.69) is 11.8 Å². The Morgan fingerprint density at radius 2 is 2.06 bits per heavy atom. The van der Waals surface area contributed by atoms with Crippen LogP contribution in [0.25, 0.3) is 0 Å². The molecule has 0 radical (unpaired) electrons. The zero-order valence-electron chi connectivity index (χ0n) is 10.7. The van der Waals surface area contributed by atoms with E-state index in [-0.39, 0.29) is 0 Å². The largest absolute Gasteiger partial charge is 0.480 e. The summed E-state index contributed by atoms with van der Waals surface area (Å²) in [5, 5.41) is 9.13. The summed E-state index contributed by atoms with van der Waals surface area (Å²) < 4.78 is 0. The number of aliphatic carboxylic acids is 1. The van der Waals surface area contributed by atoms with E-state index >= 15 is 0 Å². The number of hydrogen-bond donors (Lipinski definition) is 2. The van der Waals surface area contributed by atoms with Crippen LogP contribution >= 0.6 is 0 Å². The number of hydrogen-bond acceptors (Lipinski definition) is 3. The number of carboxylic acids is 1. The third-order valence-electron chi connectivity index (χ3n) is 4.66. The normalized spacial score (nSPS) is 33.8. The van der Waals surface area contributed by atoms with E-state index < -0.39 is 11.5 Å². The Bertz CT molecular complexity index is 289. The van der Waals surface area contributed by atoms with Crippen molar-refractivity contribution in [3.63, 3.8) is 0 Å². The molecule has 2 unspecified atom stereocenters. The predicted molar refractivity (Wildman–Crippen MR) is 66.8 cm³/mol. The van der Waals surface area contributed by atoms with Crippen LogP contribution in [0.2, 0.25) is 0 Å². The second-order valence-corrected chi connectivity index (χ2v) is 5.82. The molecule has 2 atom stereocenters. The van der Waals surface area contributed by atoms with Crippen LogP contribution in [0.5, 0.6) is 0 Å². The number of carboxylic acid groups (broad SMARTS) is 1. The lowest BCUT2D eigenvalue weighted by molar-refractivity contribution is -0.142. The van der Waals surface area contributed by atoms with Gasteiger partial charge in [0.15, 0.2) is 0 Å². The van der Waals surface area contributed by atoms with Gasteiger partial charge in [-0.2, -0.15) is 0 Å². The van der Waals surface area contributed by atoms with E-state index in [4.69, 9.17) is 10.8 Å². The Morgan fingerprint density at radius 3 is 2.59 bits per heavy atom. The van der Waals surface area contributed by atoms with Crippen molar-refractivity contribution in [3.8, 4) is 0 Å². The molecule has 1 heterocycles. The van der Waals surface area contributed by atoms with Crippen molar-refractivity contribution in [1.82, 2.24) is 4.90 Å². The molecular formula is C13H24N2O2. The molecule has 4 nitrogen and oxygen atoms in total. The highest BCUT2D eigenvalue weighted by atomic mass is 16.4. The summed E-state index contributed by atoms with van der Waals surface area (Å²) >= 11 is 0. The van der Waals surface area contributed by atoms with Gasteiger partial charge in [0.1, 0.15) is 5.54 Å². The number of nitrogens with two attached hydrogens (primary N) is 1. The molecule has 1 aliphatic heterocycles. The molecule has 0 amide bonds. The average molecular weight is 240 g/mol. The molecule has 2 aliphatic rings. The summed E-state index contributed by atoms with van der Waals surface area (Å²) in [5.74, 6) is -0.115. The average Bonchev–Trinajstić information content (AvgIpc) is 2.74. The second-order valence-electron chi connectivity index (χ2n) is 5.82. The van der Waals surface area contributed by atoms with Crippen LogP contribution in [-0.2, 0) is 4.79 Å². The summed E-state index contributed by atoms with van der Waals surface area (Å²) in [7, 11) is 0. The minimum atomic E-state index is -1.01.